The largest absolute Gasteiger partial charge is 0.378 e. The zero-order valence-electron chi connectivity index (χ0n) is 10.7. The summed E-state index contributed by atoms with van der Waals surface area (Å²) in [7, 11) is -3.22. The molecular weight excluding hydrogens is 242 g/mol. The lowest BCUT2D eigenvalue weighted by atomic mass is 10.1. The molecular formula is C11H21NO4S. The minimum atomic E-state index is -3.22. The molecule has 1 N–H and O–H groups in total. The Labute approximate surface area is 103 Å². The molecule has 17 heavy (non-hydrogen) atoms. The number of Topliss-reactive ketones (excluding diaryl/α,β-unsaturated/α-hetero) is 1. The number of ether oxygens (including phenoxy) is 1. The third-order valence-corrected chi connectivity index (χ3v) is 5.47. The van der Waals surface area contributed by atoms with Crippen LogP contribution in [0.1, 0.15) is 27.2 Å². The average Bonchev–Trinajstić information content (AvgIpc) is 2.25. The van der Waals surface area contributed by atoms with Gasteiger partial charge in [0.25, 0.3) is 0 Å². The van der Waals surface area contributed by atoms with E-state index < -0.39 is 14.6 Å². The summed E-state index contributed by atoms with van der Waals surface area (Å²) >= 11 is 0. The molecule has 1 saturated heterocycles. The summed E-state index contributed by atoms with van der Waals surface area (Å²) in [5.41, 5.74) is 0. The number of carbonyl (C=O) groups is 1. The summed E-state index contributed by atoms with van der Waals surface area (Å²) in [6.07, 6.45) is 0.0562. The predicted molar refractivity (Wildman–Crippen MR) is 65.8 cm³/mol. The van der Waals surface area contributed by atoms with Gasteiger partial charge in [-0.05, 0) is 20.8 Å². The Morgan fingerprint density at radius 2 is 2.06 bits per heavy atom. The second-order valence-electron chi connectivity index (χ2n) is 5.23. The van der Waals surface area contributed by atoms with Gasteiger partial charge in [0, 0.05) is 13.0 Å². The maximum absolute atomic E-state index is 11.8. The van der Waals surface area contributed by atoms with Gasteiger partial charge in [0.2, 0.25) is 0 Å². The molecule has 0 radical (unpaired) electrons. The second kappa shape index (κ2) is 5.46. The molecule has 5 nitrogen and oxygen atoms in total. The summed E-state index contributed by atoms with van der Waals surface area (Å²) < 4.78 is 28.0. The molecule has 100 valence electrons. The fourth-order valence-electron chi connectivity index (χ4n) is 1.49. The zero-order chi connectivity index (χ0) is 13.1. The number of nitrogens with one attached hydrogen (secondary N) is 1. The lowest BCUT2D eigenvalue weighted by Crippen LogP contribution is -2.47. The van der Waals surface area contributed by atoms with Crippen LogP contribution in [0.15, 0.2) is 0 Å². The zero-order valence-corrected chi connectivity index (χ0v) is 11.5. The Bertz CT molecular complexity index is 363. The Balaban J connectivity index is 2.48. The first-order chi connectivity index (χ1) is 7.74. The molecule has 0 aliphatic carbocycles. The standard InChI is InChI=1S/C11H21NO4S/c1-11(2,3)17(14,15)7-4-10(13)9-8-16-6-5-12-9/h9,12H,4-8H2,1-3H3. The number of rotatable bonds is 4. The first kappa shape index (κ1) is 14.6. The van der Waals surface area contributed by atoms with E-state index in [1.165, 1.54) is 0 Å². The van der Waals surface area contributed by atoms with Crippen LogP contribution in [0.5, 0.6) is 0 Å². The summed E-state index contributed by atoms with van der Waals surface area (Å²) in [4.78, 5) is 11.8. The van der Waals surface area contributed by atoms with E-state index >= 15 is 0 Å². The normalized spacial score (nSPS) is 22.4. The SMILES string of the molecule is CC(C)(C)S(=O)(=O)CCC(=O)C1COCCN1. The Kier molecular flexibility index (Phi) is 4.69. The molecule has 0 aromatic carbocycles. The topological polar surface area (TPSA) is 72.5 Å². The van der Waals surface area contributed by atoms with E-state index in [0.717, 1.165) is 0 Å². The van der Waals surface area contributed by atoms with Crippen LogP contribution in [0.3, 0.4) is 0 Å². The molecule has 1 fully saturated rings. The quantitative estimate of drug-likeness (QED) is 0.781. The third-order valence-electron chi connectivity index (χ3n) is 2.86. The summed E-state index contributed by atoms with van der Waals surface area (Å²) in [6, 6.07) is -0.348. The van der Waals surface area contributed by atoms with Crippen molar-refractivity contribution >= 4 is 15.6 Å². The molecule has 1 unspecified atom stereocenters. The van der Waals surface area contributed by atoms with Gasteiger partial charge in [-0.2, -0.15) is 0 Å². The summed E-state index contributed by atoms with van der Waals surface area (Å²) in [6.45, 7) is 6.53. The number of ketones is 1. The lowest BCUT2D eigenvalue weighted by Gasteiger charge is -2.23. The highest BCUT2D eigenvalue weighted by atomic mass is 32.2. The van der Waals surface area contributed by atoms with Crippen molar-refractivity contribution in [1.29, 1.82) is 0 Å². The van der Waals surface area contributed by atoms with E-state index in [1.54, 1.807) is 20.8 Å². The van der Waals surface area contributed by atoms with Gasteiger partial charge < -0.3 is 10.1 Å². The van der Waals surface area contributed by atoms with Gasteiger partial charge in [0.1, 0.15) is 0 Å². The molecule has 1 aliphatic heterocycles. The van der Waals surface area contributed by atoms with Gasteiger partial charge in [0.15, 0.2) is 15.6 Å². The van der Waals surface area contributed by atoms with Crippen molar-refractivity contribution in [3.8, 4) is 0 Å². The fraction of sp³-hybridized carbons (Fsp3) is 0.909. The second-order valence-corrected chi connectivity index (χ2v) is 8.09. The van der Waals surface area contributed by atoms with Crippen LogP contribution in [0.4, 0.5) is 0 Å². The van der Waals surface area contributed by atoms with E-state index in [-0.39, 0.29) is 24.0 Å². The van der Waals surface area contributed by atoms with Gasteiger partial charge in [-0.25, -0.2) is 8.42 Å². The molecule has 1 aliphatic rings. The van der Waals surface area contributed by atoms with Crippen molar-refractivity contribution in [1.82, 2.24) is 5.32 Å². The van der Waals surface area contributed by atoms with Gasteiger partial charge in [-0.1, -0.05) is 0 Å². The van der Waals surface area contributed by atoms with Gasteiger partial charge in [0.05, 0.1) is 29.8 Å². The molecule has 0 aromatic heterocycles. The minimum Gasteiger partial charge on any atom is -0.378 e. The van der Waals surface area contributed by atoms with Crippen molar-refractivity contribution in [2.24, 2.45) is 0 Å². The molecule has 0 saturated carbocycles. The Morgan fingerprint density at radius 3 is 2.53 bits per heavy atom. The van der Waals surface area contributed by atoms with Crippen LogP contribution in [-0.2, 0) is 19.4 Å². The smallest absolute Gasteiger partial charge is 0.155 e. The Hall–Kier alpha value is -0.460. The fourth-order valence-corrected chi connectivity index (χ4v) is 2.57. The average molecular weight is 263 g/mol. The van der Waals surface area contributed by atoms with Crippen LogP contribution in [0, 0.1) is 0 Å². The minimum absolute atomic E-state index is 0.0562. The van der Waals surface area contributed by atoms with Gasteiger partial charge in [-0.15, -0.1) is 0 Å². The van der Waals surface area contributed by atoms with Crippen LogP contribution in [0.25, 0.3) is 0 Å². The Morgan fingerprint density at radius 1 is 1.41 bits per heavy atom. The third kappa shape index (κ3) is 4.04. The molecule has 0 amide bonds. The van der Waals surface area contributed by atoms with E-state index in [9.17, 15) is 13.2 Å². The molecule has 6 heteroatoms. The number of hydrogen-bond donors (Lipinski definition) is 1. The number of sulfone groups is 1. The van der Waals surface area contributed by atoms with E-state index in [2.05, 4.69) is 5.32 Å². The molecule has 0 bridgehead atoms. The summed E-state index contributed by atoms with van der Waals surface area (Å²) in [5, 5.41) is 3.02. The maximum atomic E-state index is 11.8. The van der Waals surface area contributed by atoms with Crippen LogP contribution >= 0.6 is 0 Å². The summed E-state index contributed by atoms with van der Waals surface area (Å²) in [5.74, 6) is -0.175. The van der Waals surface area contributed by atoms with E-state index in [1.807, 2.05) is 0 Å². The van der Waals surface area contributed by atoms with Crippen molar-refractivity contribution in [2.45, 2.75) is 38.0 Å². The van der Waals surface area contributed by atoms with Crippen molar-refractivity contribution in [3.63, 3.8) is 0 Å². The first-order valence-electron chi connectivity index (χ1n) is 5.80. The molecule has 0 aromatic rings. The van der Waals surface area contributed by atoms with Crippen molar-refractivity contribution < 1.29 is 17.9 Å². The van der Waals surface area contributed by atoms with E-state index in [0.29, 0.717) is 19.8 Å². The molecule has 1 rings (SSSR count). The molecule has 1 atom stereocenters. The van der Waals surface area contributed by atoms with Crippen molar-refractivity contribution in [3.05, 3.63) is 0 Å². The van der Waals surface area contributed by atoms with Gasteiger partial charge in [-0.3, -0.25) is 4.79 Å². The number of morpholine rings is 1. The lowest BCUT2D eigenvalue weighted by molar-refractivity contribution is -0.123. The van der Waals surface area contributed by atoms with E-state index in [4.69, 9.17) is 4.74 Å². The predicted octanol–water partition coefficient (Wildman–Crippen LogP) is 0.147. The molecule has 1 heterocycles. The molecule has 0 spiro atoms. The van der Waals surface area contributed by atoms with Crippen LogP contribution < -0.4 is 5.32 Å². The number of carbonyl (C=O) groups excluding carboxylic acids is 1. The highest BCUT2D eigenvalue weighted by Gasteiger charge is 2.30. The highest BCUT2D eigenvalue weighted by Crippen LogP contribution is 2.17. The van der Waals surface area contributed by atoms with Gasteiger partial charge >= 0.3 is 0 Å². The maximum Gasteiger partial charge on any atom is 0.155 e. The number of hydrogen-bond acceptors (Lipinski definition) is 5. The monoisotopic (exact) mass is 263 g/mol. The highest BCUT2D eigenvalue weighted by molar-refractivity contribution is 7.92. The first-order valence-corrected chi connectivity index (χ1v) is 7.45. The van der Waals surface area contributed by atoms with Crippen LogP contribution in [0.2, 0.25) is 0 Å². The van der Waals surface area contributed by atoms with Crippen LogP contribution in [-0.4, -0.2) is 50.5 Å². The van der Waals surface area contributed by atoms with Crippen molar-refractivity contribution in [2.75, 3.05) is 25.5 Å².